The molecule has 7 heteroatoms. The van der Waals surface area contributed by atoms with Crippen molar-refractivity contribution in [2.45, 2.75) is 109 Å². The fraction of sp³-hybridized carbons (Fsp3) is 0.739. The molecule has 5 unspecified atom stereocenters. The van der Waals surface area contributed by atoms with Crippen molar-refractivity contribution in [1.82, 2.24) is 4.57 Å². The van der Waals surface area contributed by atoms with Crippen LogP contribution in [-0.2, 0) is 25.3 Å². The largest absolute Gasteiger partial charge is 0.610 e. The number of carbonyl (C=O) groups is 1. The van der Waals surface area contributed by atoms with E-state index in [9.17, 15) is 9.90 Å². The number of cyclic esters (lactones) is 1. The van der Waals surface area contributed by atoms with E-state index in [0.717, 1.165) is 11.4 Å². The van der Waals surface area contributed by atoms with Crippen molar-refractivity contribution in [2.24, 2.45) is 0 Å². The van der Waals surface area contributed by atoms with Gasteiger partial charge in [0.1, 0.15) is 29.6 Å². The van der Waals surface area contributed by atoms with Crippen LogP contribution in [0.25, 0.3) is 0 Å². The molecule has 1 fully saturated rings. The second kappa shape index (κ2) is 7.55. The maximum absolute atomic E-state index is 13.1. The number of esters is 1. The van der Waals surface area contributed by atoms with Crippen LogP contribution in [-0.4, -0.2) is 27.9 Å². The summed E-state index contributed by atoms with van der Waals surface area (Å²) in [6.45, 7) is 16.8. The third-order valence-corrected chi connectivity index (χ3v) is 7.01. The van der Waals surface area contributed by atoms with Crippen molar-refractivity contribution in [2.75, 3.05) is 0 Å². The molecule has 168 valence electrons. The highest BCUT2D eigenvalue weighted by Gasteiger charge is 2.55. The van der Waals surface area contributed by atoms with Crippen LogP contribution in [0.15, 0.2) is 23.9 Å². The Morgan fingerprint density at radius 1 is 1.23 bits per heavy atom. The van der Waals surface area contributed by atoms with Crippen molar-refractivity contribution in [3.8, 4) is 0 Å². The van der Waals surface area contributed by atoms with Crippen LogP contribution in [0.2, 0.25) is 0 Å². The first-order valence-electron chi connectivity index (χ1n) is 10.8. The van der Waals surface area contributed by atoms with Gasteiger partial charge in [0, 0.05) is 12.5 Å². The Morgan fingerprint density at radius 2 is 1.87 bits per heavy atom. The molecule has 0 bridgehead atoms. The Balaban J connectivity index is 2.22. The van der Waals surface area contributed by atoms with Gasteiger partial charge in [-0.1, -0.05) is 6.92 Å². The summed E-state index contributed by atoms with van der Waals surface area (Å²) in [6.07, 6.45) is 5.58. The molecule has 2 aliphatic heterocycles. The predicted molar refractivity (Wildman–Crippen MR) is 117 cm³/mol. The predicted octanol–water partition coefficient (Wildman–Crippen LogP) is 3.09. The molecule has 0 saturated carbocycles. The van der Waals surface area contributed by atoms with Crippen molar-refractivity contribution >= 4 is 15.2 Å². The van der Waals surface area contributed by atoms with Crippen LogP contribution in [0.3, 0.4) is 0 Å². The smallest absolute Gasteiger partial charge is 0.317 e. The summed E-state index contributed by atoms with van der Waals surface area (Å²) in [5.41, 5.74) is 0.379. The summed E-state index contributed by atoms with van der Waals surface area (Å²) in [7, 11) is 2.81. The van der Waals surface area contributed by atoms with Gasteiger partial charge in [0.15, 0.2) is 0 Å². The van der Waals surface area contributed by atoms with E-state index in [4.69, 9.17) is 9.47 Å². The van der Waals surface area contributed by atoms with Crippen LogP contribution in [0.5, 0.6) is 0 Å². The number of hydrogen-bond acceptors (Lipinski definition) is 4. The third-order valence-electron chi connectivity index (χ3n) is 6.13. The highest BCUT2D eigenvalue weighted by Crippen LogP contribution is 2.49. The molecule has 6 nitrogen and oxygen atoms in total. The molecule has 1 aromatic rings. The Morgan fingerprint density at radius 3 is 2.30 bits per heavy atom. The number of aromatic nitrogens is 2. The lowest BCUT2D eigenvalue weighted by molar-refractivity contribution is -0.761. The normalized spacial score (nSPS) is 28.6. The first-order chi connectivity index (χ1) is 13.6. The van der Waals surface area contributed by atoms with E-state index in [1.54, 1.807) is 0 Å². The first kappa shape index (κ1) is 23.1. The van der Waals surface area contributed by atoms with Crippen LogP contribution < -0.4 is 9.67 Å². The zero-order valence-electron chi connectivity index (χ0n) is 19.6. The summed E-state index contributed by atoms with van der Waals surface area (Å²) in [4.78, 5) is 13.1. The number of carbonyl (C=O) groups excluding carboxylic acids is 1. The van der Waals surface area contributed by atoms with E-state index >= 15 is 0 Å². The summed E-state index contributed by atoms with van der Waals surface area (Å²) in [5.74, 6) is 0.348. The van der Waals surface area contributed by atoms with E-state index in [0.29, 0.717) is 19.3 Å². The number of rotatable bonds is 4. The van der Waals surface area contributed by atoms with E-state index in [-0.39, 0.29) is 41.1 Å². The minimum atomic E-state index is -0.799. The highest BCUT2D eigenvalue weighted by atomic mass is 31.0. The van der Waals surface area contributed by atoms with Crippen LogP contribution >= 0.6 is 9.24 Å². The Hall–Kier alpha value is -1.55. The number of hydrogen-bond donors (Lipinski definition) is 0. The van der Waals surface area contributed by atoms with Gasteiger partial charge in [-0.3, -0.25) is 4.79 Å². The summed E-state index contributed by atoms with van der Waals surface area (Å²) in [6, 6.07) is 0. The van der Waals surface area contributed by atoms with Gasteiger partial charge in [-0.25, -0.2) is 9.13 Å². The molecule has 3 rings (SSSR count). The average Bonchev–Trinajstić information content (AvgIpc) is 3.21. The number of ether oxygens (including phenoxy) is 2. The maximum atomic E-state index is 13.1. The highest BCUT2D eigenvalue weighted by molar-refractivity contribution is 7.21. The zero-order chi connectivity index (χ0) is 22.6. The van der Waals surface area contributed by atoms with Gasteiger partial charge in [-0.05, 0) is 66.9 Å². The molecule has 3 heterocycles. The molecule has 0 aromatic carbocycles. The van der Waals surface area contributed by atoms with Gasteiger partial charge in [-0.15, -0.1) is 9.24 Å². The second-order valence-electron chi connectivity index (χ2n) is 11.0. The molecule has 0 N–H and O–H groups in total. The van der Waals surface area contributed by atoms with Crippen LogP contribution in [0, 0.1) is 0 Å². The Labute approximate surface area is 182 Å². The molecule has 0 aliphatic carbocycles. The molecule has 0 spiro atoms. The minimum Gasteiger partial charge on any atom is -0.610 e. The lowest BCUT2D eigenvalue weighted by atomic mass is 9.81. The van der Waals surface area contributed by atoms with Gasteiger partial charge in [0.05, 0.1) is 17.0 Å². The van der Waals surface area contributed by atoms with E-state index in [1.807, 2.05) is 13.8 Å². The SMILES string of the molecule is CC1CC(P)(C(CC2=C([O-])OC(C)C2)c2n(C(C)(C)C)cc[n+]2C(C)(C)C)C(=O)O1. The lowest BCUT2D eigenvalue weighted by Gasteiger charge is -2.33. The molecule has 2 aliphatic rings. The van der Waals surface area contributed by atoms with E-state index in [2.05, 4.69) is 72.3 Å². The molecule has 5 atom stereocenters. The van der Waals surface area contributed by atoms with E-state index in [1.165, 1.54) is 0 Å². The monoisotopic (exact) mass is 436 g/mol. The number of nitrogens with zero attached hydrogens (tertiary/aromatic N) is 2. The molecule has 1 aromatic heterocycles. The minimum absolute atomic E-state index is 0.118. The van der Waals surface area contributed by atoms with Crippen molar-refractivity contribution in [3.63, 3.8) is 0 Å². The molecule has 30 heavy (non-hydrogen) atoms. The third kappa shape index (κ3) is 4.12. The van der Waals surface area contributed by atoms with Gasteiger partial charge < -0.3 is 14.6 Å². The van der Waals surface area contributed by atoms with Crippen LogP contribution in [0.1, 0.15) is 86.4 Å². The topological polar surface area (TPSA) is 67.4 Å². The van der Waals surface area contributed by atoms with Gasteiger partial charge in [0.25, 0.3) is 5.82 Å². The van der Waals surface area contributed by atoms with Crippen LogP contribution in [0.4, 0.5) is 0 Å². The zero-order valence-corrected chi connectivity index (χ0v) is 20.8. The number of imidazole rings is 1. The van der Waals surface area contributed by atoms with E-state index < -0.39 is 5.16 Å². The average molecular weight is 437 g/mol. The fourth-order valence-electron chi connectivity index (χ4n) is 4.70. The van der Waals surface area contributed by atoms with Crippen molar-refractivity contribution < 1.29 is 23.9 Å². The van der Waals surface area contributed by atoms with Crippen molar-refractivity contribution in [1.29, 1.82) is 0 Å². The Bertz CT molecular complexity index is 830. The maximum Gasteiger partial charge on any atom is 0.317 e. The lowest BCUT2D eigenvalue weighted by Crippen LogP contribution is -2.56. The molecule has 1 saturated heterocycles. The summed E-state index contributed by atoms with van der Waals surface area (Å²) in [5, 5.41) is 11.7. The second-order valence-corrected chi connectivity index (χ2v) is 12.0. The standard InChI is InChI=1S/C23H37N2O4P/c1-14-11-16(19(26)28-14)12-17(23(30)13-15(2)29-20(23)27)18-24(21(3,4)5)9-10-25(18)22(6,7)8/h9-10,14-15,17H,11-13,30H2,1-8H3. The summed E-state index contributed by atoms with van der Waals surface area (Å²) < 4.78 is 15.5. The first-order valence-corrected chi connectivity index (χ1v) is 11.4. The Kier molecular flexibility index (Phi) is 5.81. The summed E-state index contributed by atoms with van der Waals surface area (Å²) >= 11 is 0. The van der Waals surface area contributed by atoms with Crippen molar-refractivity contribution in [3.05, 3.63) is 29.7 Å². The molecule has 0 radical (unpaired) electrons. The fourth-order valence-corrected chi connectivity index (χ4v) is 5.37. The molecular formula is C23H37N2O4P. The molecule has 0 amide bonds. The molecular weight excluding hydrogens is 399 g/mol. The quantitative estimate of drug-likeness (QED) is 0.413. The van der Waals surface area contributed by atoms with Gasteiger partial charge in [0.2, 0.25) is 0 Å². The van der Waals surface area contributed by atoms with Gasteiger partial charge in [-0.2, -0.15) is 0 Å². The van der Waals surface area contributed by atoms with Gasteiger partial charge >= 0.3 is 5.97 Å².